The maximum Gasteiger partial charge on any atom is 0.422 e. The number of aliphatic imine (C=N–C) groups is 1. The molecule has 10 heteroatoms. The van der Waals surface area contributed by atoms with Crippen LogP contribution in [0.4, 0.5) is 13.2 Å². The molecule has 27 heavy (non-hydrogen) atoms. The molecule has 0 unspecified atom stereocenters. The van der Waals surface area contributed by atoms with E-state index in [9.17, 15) is 13.2 Å². The number of guanidine groups is 1. The van der Waals surface area contributed by atoms with E-state index in [1.165, 1.54) is 12.3 Å². The first-order valence-electron chi connectivity index (χ1n) is 8.15. The van der Waals surface area contributed by atoms with Crippen LogP contribution in [-0.4, -0.2) is 36.8 Å². The smallest absolute Gasteiger partial charge is 0.422 e. The highest BCUT2D eigenvalue weighted by atomic mass is 127. The van der Waals surface area contributed by atoms with E-state index >= 15 is 0 Å². The van der Waals surface area contributed by atoms with E-state index in [2.05, 4.69) is 25.3 Å². The highest BCUT2D eigenvalue weighted by Crippen LogP contribution is 2.17. The van der Waals surface area contributed by atoms with Crippen molar-refractivity contribution in [3.63, 3.8) is 0 Å². The van der Waals surface area contributed by atoms with Gasteiger partial charge in [-0.1, -0.05) is 6.07 Å². The molecule has 0 fully saturated rings. The number of alkyl halides is 3. The molecule has 2 aromatic heterocycles. The standard InChI is InChI=1S/C17H21F3N4O2.HI/c1-2-21-16(22-8-7-14-4-3-9-25-14)24-11-13-5-6-15(23-10-13)26-12-17(18,19)20;/h3-6,9-10H,2,7-8,11-12H2,1H3,(H2,21,22,24);1H. The summed E-state index contributed by atoms with van der Waals surface area (Å²) in [4.78, 5) is 8.28. The molecular weight excluding hydrogens is 476 g/mol. The zero-order chi connectivity index (χ0) is 18.8. The minimum absolute atomic E-state index is 0. The zero-order valence-corrected chi connectivity index (χ0v) is 17.1. The molecule has 2 N–H and O–H groups in total. The minimum atomic E-state index is -4.38. The second-order valence-electron chi connectivity index (χ2n) is 5.36. The summed E-state index contributed by atoms with van der Waals surface area (Å²) < 4.78 is 46.2. The second-order valence-corrected chi connectivity index (χ2v) is 5.36. The van der Waals surface area contributed by atoms with Gasteiger partial charge in [-0.15, -0.1) is 24.0 Å². The highest BCUT2D eigenvalue weighted by molar-refractivity contribution is 14.0. The Labute approximate surface area is 172 Å². The Balaban J connectivity index is 0.00000364. The van der Waals surface area contributed by atoms with Gasteiger partial charge in [0.1, 0.15) is 5.76 Å². The predicted molar refractivity (Wildman–Crippen MR) is 106 cm³/mol. The molecule has 150 valence electrons. The van der Waals surface area contributed by atoms with Crippen molar-refractivity contribution in [3.8, 4) is 5.88 Å². The number of hydrogen-bond acceptors (Lipinski definition) is 4. The third-order valence-electron chi connectivity index (χ3n) is 3.19. The molecule has 0 aromatic carbocycles. The molecule has 0 radical (unpaired) electrons. The lowest BCUT2D eigenvalue weighted by Crippen LogP contribution is -2.38. The second kappa shape index (κ2) is 11.7. The quantitative estimate of drug-likeness (QED) is 0.331. The summed E-state index contributed by atoms with van der Waals surface area (Å²) in [6.07, 6.45) is -0.581. The van der Waals surface area contributed by atoms with Crippen LogP contribution < -0.4 is 15.4 Å². The van der Waals surface area contributed by atoms with Crippen molar-refractivity contribution in [2.75, 3.05) is 19.7 Å². The third kappa shape index (κ3) is 9.50. The topological polar surface area (TPSA) is 71.7 Å². The van der Waals surface area contributed by atoms with Gasteiger partial charge in [0.15, 0.2) is 12.6 Å². The van der Waals surface area contributed by atoms with Gasteiger partial charge in [0.05, 0.1) is 12.8 Å². The summed E-state index contributed by atoms with van der Waals surface area (Å²) in [6.45, 7) is 2.29. The molecule has 2 aromatic rings. The van der Waals surface area contributed by atoms with Crippen molar-refractivity contribution in [3.05, 3.63) is 48.0 Å². The summed E-state index contributed by atoms with van der Waals surface area (Å²) in [5, 5.41) is 6.31. The van der Waals surface area contributed by atoms with E-state index < -0.39 is 12.8 Å². The van der Waals surface area contributed by atoms with E-state index in [0.29, 0.717) is 25.6 Å². The van der Waals surface area contributed by atoms with Crippen molar-refractivity contribution in [2.45, 2.75) is 26.1 Å². The van der Waals surface area contributed by atoms with Gasteiger partial charge in [-0.3, -0.25) is 0 Å². The van der Waals surface area contributed by atoms with Crippen LogP contribution >= 0.6 is 24.0 Å². The van der Waals surface area contributed by atoms with Crippen LogP contribution in [0.25, 0.3) is 0 Å². The number of pyridine rings is 1. The molecule has 6 nitrogen and oxygen atoms in total. The third-order valence-corrected chi connectivity index (χ3v) is 3.19. The summed E-state index contributed by atoms with van der Waals surface area (Å²) >= 11 is 0. The maximum atomic E-state index is 12.1. The first-order valence-corrected chi connectivity index (χ1v) is 8.15. The highest BCUT2D eigenvalue weighted by Gasteiger charge is 2.28. The first-order chi connectivity index (χ1) is 12.5. The van der Waals surface area contributed by atoms with Gasteiger partial charge in [0, 0.05) is 31.8 Å². The van der Waals surface area contributed by atoms with Gasteiger partial charge in [-0.2, -0.15) is 13.2 Å². The minimum Gasteiger partial charge on any atom is -0.469 e. The van der Waals surface area contributed by atoms with Crippen LogP contribution in [0.5, 0.6) is 5.88 Å². The van der Waals surface area contributed by atoms with Gasteiger partial charge in [0.2, 0.25) is 5.88 Å². The van der Waals surface area contributed by atoms with Crippen LogP contribution in [0.15, 0.2) is 46.1 Å². The van der Waals surface area contributed by atoms with Crippen LogP contribution in [0.3, 0.4) is 0 Å². The summed E-state index contributed by atoms with van der Waals surface area (Å²) in [5.74, 6) is 1.45. The summed E-state index contributed by atoms with van der Waals surface area (Å²) in [7, 11) is 0. The Kier molecular flexibility index (Phi) is 9.97. The van der Waals surface area contributed by atoms with Gasteiger partial charge in [-0.05, 0) is 24.6 Å². The fraction of sp³-hybridized carbons (Fsp3) is 0.412. The van der Waals surface area contributed by atoms with E-state index in [1.807, 2.05) is 19.1 Å². The average molecular weight is 498 g/mol. The Bertz CT molecular complexity index is 676. The van der Waals surface area contributed by atoms with E-state index in [4.69, 9.17) is 4.42 Å². The molecule has 0 amide bonds. The molecule has 0 bridgehead atoms. The predicted octanol–water partition coefficient (Wildman–Crippen LogP) is 3.53. The molecule has 2 rings (SSSR count). The lowest BCUT2D eigenvalue weighted by Gasteiger charge is -2.11. The number of ether oxygens (including phenoxy) is 1. The number of aromatic nitrogens is 1. The van der Waals surface area contributed by atoms with Gasteiger partial charge in [-0.25, -0.2) is 9.98 Å². The van der Waals surface area contributed by atoms with Crippen molar-refractivity contribution in [2.24, 2.45) is 4.99 Å². The number of nitrogens with zero attached hydrogens (tertiary/aromatic N) is 2. The Hall–Kier alpha value is -1.98. The normalized spacial score (nSPS) is 11.6. The molecule has 0 saturated carbocycles. The number of nitrogens with one attached hydrogen (secondary N) is 2. The maximum absolute atomic E-state index is 12.1. The molecular formula is C17H22F3IN4O2. The molecule has 0 saturated heterocycles. The Morgan fingerprint density at radius 3 is 2.67 bits per heavy atom. The number of rotatable bonds is 8. The van der Waals surface area contributed by atoms with Gasteiger partial charge >= 0.3 is 6.18 Å². The van der Waals surface area contributed by atoms with E-state index in [0.717, 1.165) is 17.7 Å². The fourth-order valence-corrected chi connectivity index (χ4v) is 2.02. The molecule has 0 atom stereocenters. The van der Waals surface area contributed by atoms with Crippen LogP contribution in [0.1, 0.15) is 18.2 Å². The monoisotopic (exact) mass is 498 g/mol. The average Bonchev–Trinajstić information content (AvgIpc) is 3.11. The molecule has 0 spiro atoms. The lowest BCUT2D eigenvalue weighted by atomic mass is 10.3. The Morgan fingerprint density at radius 2 is 2.07 bits per heavy atom. The van der Waals surface area contributed by atoms with Gasteiger partial charge in [0.25, 0.3) is 0 Å². The van der Waals surface area contributed by atoms with Crippen molar-refractivity contribution in [1.82, 2.24) is 15.6 Å². The molecule has 0 aliphatic carbocycles. The van der Waals surface area contributed by atoms with E-state index in [1.54, 1.807) is 12.3 Å². The van der Waals surface area contributed by atoms with Crippen LogP contribution in [0, 0.1) is 0 Å². The van der Waals surface area contributed by atoms with Crippen LogP contribution in [0.2, 0.25) is 0 Å². The van der Waals surface area contributed by atoms with Crippen molar-refractivity contribution in [1.29, 1.82) is 0 Å². The lowest BCUT2D eigenvalue weighted by molar-refractivity contribution is -0.154. The number of furan rings is 1. The SMILES string of the molecule is CCNC(=NCc1ccc(OCC(F)(F)F)nc1)NCCc1ccco1.I. The summed E-state index contributed by atoms with van der Waals surface area (Å²) in [6, 6.07) is 6.77. The molecule has 2 heterocycles. The largest absolute Gasteiger partial charge is 0.469 e. The zero-order valence-electron chi connectivity index (χ0n) is 14.8. The first kappa shape index (κ1) is 23.1. The van der Waals surface area contributed by atoms with Gasteiger partial charge < -0.3 is 19.8 Å². The number of hydrogen-bond donors (Lipinski definition) is 2. The van der Waals surface area contributed by atoms with Crippen molar-refractivity contribution < 1.29 is 22.3 Å². The summed E-state index contributed by atoms with van der Waals surface area (Å²) in [5.41, 5.74) is 0.757. The van der Waals surface area contributed by atoms with Crippen LogP contribution in [-0.2, 0) is 13.0 Å². The van der Waals surface area contributed by atoms with E-state index in [-0.39, 0.29) is 29.9 Å². The molecule has 0 aliphatic rings. The number of halogens is 4. The van der Waals surface area contributed by atoms with Crippen molar-refractivity contribution >= 4 is 29.9 Å². The fourth-order valence-electron chi connectivity index (χ4n) is 2.02. The molecule has 0 aliphatic heterocycles. The Morgan fingerprint density at radius 1 is 1.26 bits per heavy atom.